The molecule has 2 aromatic rings. The quantitative estimate of drug-likeness (QED) is 0.897. The monoisotopic (exact) mass is 260 g/mol. The van der Waals surface area contributed by atoms with Crippen molar-refractivity contribution in [2.45, 2.75) is 12.5 Å². The predicted octanol–water partition coefficient (Wildman–Crippen LogP) is 1.94. The summed E-state index contributed by atoms with van der Waals surface area (Å²) in [6, 6.07) is 8.48. The molecule has 4 nitrogen and oxygen atoms in total. The van der Waals surface area contributed by atoms with Crippen LogP contribution in [0.1, 0.15) is 5.56 Å². The van der Waals surface area contributed by atoms with Gasteiger partial charge in [0.15, 0.2) is 6.10 Å². The highest BCUT2D eigenvalue weighted by molar-refractivity contribution is 7.17. The van der Waals surface area contributed by atoms with Gasteiger partial charge in [-0.15, -0.1) is 11.3 Å². The van der Waals surface area contributed by atoms with Crippen LogP contribution in [0.25, 0.3) is 10.1 Å². The third-order valence-corrected chi connectivity index (χ3v) is 3.93. The van der Waals surface area contributed by atoms with Crippen LogP contribution in [-0.2, 0) is 16.0 Å². The number of hydrogen-bond acceptors (Lipinski definition) is 4. The van der Waals surface area contributed by atoms with Gasteiger partial charge in [-0.3, -0.25) is 4.79 Å². The van der Waals surface area contributed by atoms with Crippen molar-refractivity contribution in [1.82, 2.24) is 5.32 Å². The number of ether oxygens (including phenoxy) is 1. The van der Waals surface area contributed by atoms with E-state index in [0.29, 0.717) is 12.4 Å². The van der Waals surface area contributed by atoms with Gasteiger partial charge in [0, 0.05) is 18.2 Å². The normalized spacial score (nSPS) is 18.8. The fraction of sp³-hybridized carbons (Fsp3) is 0.231. The first kappa shape index (κ1) is 11.2. The molecule has 1 amide bonds. The molecule has 1 aliphatic rings. The number of hydrogen-bond donors (Lipinski definition) is 1. The maximum absolute atomic E-state index is 11.7. The molecule has 0 fully saturated rings. The molecule has 0 aliphatic carbocycles. The number of fused-ring (bicyclic) bond motifs is 1. The van der Waals surface area contributed by atoms with Gasteiger partial charge < -0.3 is 10.1 Å². The van der Waals surface area contributed by atoms with E-state index in [1.807, 2.05) is 12.1 Å². The van der Waals surface area contributed by atoms with E-state index in [1.54, 1.807) is 18.4 Å². The van der Waals surface area contributed by atoms with E-state index < -0.39 is 6.10 Å². The van der Waals surface area contributed by atoms with Crippen molar-refractivity contribution in [3.63, 3.8) is 0 Å². The number of carbonyl (C=O) groups excluding carboxylic acids is 1. The minimum Gasteiger partial charge on any atom is -0.451 e. The van der Waals surface area contributed by atoms with Crippen LogP contribution in [0, 0.1) is 0 Å². The molecule has 0 saturated carbocycles. The fourth-order valence-corrected chi connectivity index (χ4v) is 2.99. The Morgan fingerprint density at radius 1 is 1.44 bits per heavy atom. The van der Waals surface area contributed by atoms with Crippen LogP contribution < -0.4 is 5.32 Å². The first-order valence-corrected chi connectivity index (χ1v) is 6.58. The molecular weight excluding hydrogens is 248 g/mol. The van der Waals surface area contributed by atoms with Gasteiger partial charge in [-0.1, -0.05) is 18.2 Å². The third-order valence-electron chi connectivity index (χ3n) is 2.92. The summed E-state index contributed by atoms with van der Waals surface area (Å²) >= 11 is 1.69. The number of nitrogens with one attached hydrogen (secondary N) is 1. The topological polar surface area (TPSA) is 50.7 Å². The number of nitrogens with zero attached hydrogens (tertiary/aromatic N) is 1. The van der Waals surface area contributed by atoms with Crippen molar-refractivity contribution in [1.29, 1.82) is 0 Å². The van der Waals surface area contributed by atoms with Crippen molar-refractivity contribution in [3.8, 4) is 0 Å². The summed E-state index contributed by atoms with van der Waals surface area (Å²) in [5.41, 5.74) is 1.14. The highest BCUT2D eigenvalue weighted by Gasteiger charge is 2.29. The molecule has 0 bridgehead atoms. The summed E-state index contributed by atoms with van der Waals surface area (Å²) in [7, 11) is 1.69. The van der Waals surface area contributed by atoms with Gasteiger partial charge in [0.2, 0.25) is 0 Å². The lowest BCUT2D eigenvalue weighted by Gasteiger charge is -2.08. The second kappa shape index (κ2) is 4.42. The van der Waals surface area contributed by atoms with Gasteiger partial charge in [-0.25, -0.2) is 0 Å². The van der Waals surface area contributed by atoms with Crippen molar-refractivity contribution < 1.29 is 9.53 Å². The minimum absolute atomic E-state index is 0.213. The van der Waals surface area contributed by atoms with Gasteiger partial charge in [-0.05, 0) is 22.4 Å². The van der Waals surface area contributed by atoms with E-state index in [9.17, 15) is 4.79 Å². The Morgan fingerprint density at radius 3 is 3.06 bits per heavy atom. The molecule has 2 heterocycles. The number of benzene rings is 1. The molecular formula is C13H12N2O2S. The molecule has 92 valence electrons. The third kappa shape index (κ3) is 1.86. The number of amidine groups is 1. The zero-order chi connectivity index (χ0) is 12.5. The van der Waals surface area contributed by atoms with Crippen LogP contribution in [0.3, 0.4) is 0 Å². The molecule has 1 aromatic carbocycles. The SMILES string of the molecule is CNC1=NC(=O)C(Cc2csc3ccccc23)O1. The average molecular weight is 260 g/mol. The number of aliphatic imine (C=N–C) groups is 1. The van der Waals surface area contributed by atoms with Crippen LogP contribution >= 0.6 is 11.3 Å². The van der Waals surface area contributed by atoms with Crippen molar-refractivity contribution in [3.05, 3.63) is 35.2 Å². The van der Waals surface area contributed by atoms with E-state index in [-0.39, 0.29) is 5.91 Å². The molecule has 0 saturated heterocycles. The molecule has 1 unspecified atom stereocenters. The first-order valence-electron chi connectivity index (χ1n) is 5.70. The average Bonchev–Trinajstić information content (AvgIpc) is 2.95. The summed E-state index contributed by atoms with van der Waals surface area (Å²) in [4.78, 5) is 15.5. The summed E-state index contributed by atoms with van der Waals surface area (Å²) in [5, 5.41) is 6.02. The Balaban J connectivity index is 1.84. The Labute approximate surface area is 108 Å². The Bertz CT molecular complexity index is 633. The minimum atomic E-state index is -0.495. The maximum atomic E-state index is 11.7. The van der Waals surface area contributed by atoms with Crippen LogP contribution in [-0.4, -0.2) is 25.1 Å². The van der Waals surface area contributed by atoms with Crippen molar-refractivity contribution in [2.24, 2.45) is 4.99 Å². The lowest BCUT2D eigenvalue weighted by Crippen LogP contribution is -2.24. The zero-order valence-electron chi connectivity index (χ0n) is 9.84. The van der Waals surface area contributed by atoms with Gasteiger partial charge in [0.1, 0.15) is 0 Å². The second-order valence-electron chi connectivity index (χ2n) is 4.07. The molecule has 5 heteroatoms. The Morgan fingerprint density at radius 2 is 2.28 bits per heavy atom. The number of carbonyl (C=O) groups is 1. The highest BCUT2D eigenvalue weighted by atomic mass is 32.1. The molecule has 0 spiro atoms. The lowest BCUT2D eigenvalue weighted by atomic mass is 10.1. The fourth-order valence-electron chi connectivity index (χ4n) is 2.02. The predicted molar refractivity (Wildman–Crippen MR) is 71.9 cm³/mol. The highest BCUT2D eigenvalue weighted by Crippen LogP contribution is 2.27. The summed E-state index contributed by atoms with van der Waals surface area (Å²) in [5.74, 6) is -0.213. The van der Waals surface area contributed by atoms with Gasteiger partial charge in [0.25, 0.3) is 11.9 Å². The maximum Gasteiger partial charge on any atom is 0.293 e. The number of amides is 1. The molecule has 0 radical (unpaired) electrons. The van der Waals surface area contributed by atoms with E-state index >= 15 is 0 Å². The van der Waals surface area contributed by atoms with E-state index in [0.717, 1.165) is 5.56 Å². The zero-order valence-corrected chi connectivity index (χ0v) is 10.7. The van der Waals surface area contributed by atoms with Crippen LogP contribution in [0.2, 0.25) is 0 Å². The van der Waals surface area contributed by atoms with Crippen molar-refractivity contribution in [2.75, 3.05) is 7.05 Å². The molecule has 18 heavy (non-hydrogen) atoms. The smallest absolute Gasteiger partial charge is 0.293 e. The molecule has 1 aliphatic heterocycles. The second-order valence-corrected chi connectivity index (χ2v) is 4.98. The number of thiophene rings is 1. The van der Waals surface area contributed by atoms with Gasteiger partial charge in [-0.2, -0.15) is 4.99 Å². The van der Waals surface area contributed by atoms with Crippen LogP contribution in [0.15, 0.2) is 34.6 Å². The largest absolute Gasteiger partial charge is 0.451 e. The Hall–Kier alpha value is -1.88. The standard InChI is InChI=1S/C13H12N2O2S/c1-14-13-15-12(16)10(17-13)6-8-7-18-11-5-3-2-4-9(8)11/h2-5,7,10H,6H2,1H3,(H,14,15,16). The van der Waals surface area contributed by atoms with Gasteiger partial charge >= 0.3 is 0 Å². The summed E-state index contributed by atoms with van der Waals surface area (Å²) < 4.78 is 6.67. The van der Waals surface area contributed by atoms with Gasteiger partial charge in [0.05, 0.1) is 0 Å². The van der Waals surface area contributed by atoms with Crippen LogP contribution in [0.4, 0.5) is 0 Å². The number of rotatable bonds is 2. The molecule has 1 aromatic heterocycles. The molecule has 1 N–H and O–H groups in total. The molecule has 3 rings (SSSR count). The summed E-state index contributed by atoms with van der Waals surface area (Å²) in [6.07, 6.45) is 0.0720. The van der Waals surface area contributed by atoms with E-state index in [4.69, 9.17) is 4.74 Å². The van der Waals surface area contributed by atoms with Crippen molar-refractivity contribution >= 4 is 33.4 Å². The van der Waals surface area contributed by atoms with E-state index in [2.05, 4.69) is 27.8 Å². The first-order chi connectivity index (χ1) is 8.78. The summed E-state index contributed by atoms with van der Waals surface area (Å²) in [6.45, 7) is 0. The van der Waals surface area contributed by atoms with Crippen LogP contribution in [0.5, 0.6) is 0 Å². The lowest BCUT2D eigenvalue weighted by molar-refractivity contribution is -0.122. The Kier molecular flexibility index (Phi) is 2.76. The molecule has 1 atom stereocenters. The van der Waals surface area contributed by atoms with E-state index in [1.165, 1.54) is 10.1 Å².